The van der Waals surface area contributed by atoms with Crippen molar-refractivity contribution in [3.05, 3.63) is 35.9 Å². The van der Waals surface area contributed by atoms with E-state index in [0.29, 0.717) is 0 Å². The quantitative estimate of drug-likeness (QED) is 0.780. The minimum absolute atomic E-state index is 0.00145. The molecule has 3 nitrogen and oxygen atoms in total. The number of carbonyl (C=O) groups excluding carboxylic acids is 1. The molecule has 3 heteroatoms. The van der Waals surface area contributed by atoms with Crippen molar-refractivity contribution in [2.75, 3.05) is 6.54 Å². The standard InChI is InChI=1S/C13H18N2O/c14-12-11(7-4-8-15-13(12)16)9-10-5-2-1-3-6-10/h1-3,5-6,11-12H,4,7-9,14H2,(H,15,16)/t11-,12?/m0/s1. The Morgan fingerprint density at radius 3 is 2.81 bits per heavy atom. The molecule has 1 aromatic rings. The third-order valence-electron chi connectivity index (χ3n) is 3.20. The van der Waals surface area contributed by atoms with Crippen LogP contribution in [-0.2, 0) is 11.2 Å². The molecule has 0 aliphatic carbocycles. The highest BCUT2D eigenvalue weighted by atomic mass is 16.2. The van der Waals surface area contributed by atoms with Crippen LogP contribution in [-0.4, -0.2) is 18.5 Å². The van der Waals surface area contributed by atoms with Crippen molar-refractivity contribution in [1.82, 2.24) is 5.32 Å². The van der Waals surface area contributed by atoms with Crippen molar-refractivity contribution >= 4 is 5.91 Å². The van der Waals surface area contributed by atoms with Gasteiger partial charge in [-0.05, 0) is 30.7 Å². The van der Waals surface area contributed by atoms with Crippen molar-refractivity contribution in [1.29, 1.82) is 0 Å². The average molecular weight is 218 g/mol. The number of benzene rings is 1. The Labute approximate surface area is 96.0 Å². The van der Waals surface area contributed by atoms with Gasteiger partial charge in [-0.3, -0.25) is 4.79 Å². The lowest BCUT2D eigenvalue weighted by atomic mass is 9.89. The highest BCUT2D eigenvalue weighted by molar-refractivity contribution is 5.82. The highest BCUT2D eigenvalue weighted by Crippen LogP contribution is 2.18. The molecule has 86 valence electrons. The van der Waals surface area contributed by atoms with E-state index in [9.17, 15) is 4.79 Å². The molecule has 1 saturated heterocycles. The van der Waals surface area contributed by atoms with Crippen LogP contribution in [0.1, 0.15) is 18.4 Å². The predicted octanol–water partition coefficient (Wildman–Crippen LogP) is 1.08. The van der Waals surface area contributed by atoms with Gasteiger partial charge in [-0.15, -0.1) is 0 Å². The summed E-state index contributed by atoms with van der Waals surface area (Å²) < 4.78 is 0. The van der Waals surface area contributed by atoms with Crippen LogP contribution < -0.4 is 11.1 Å². The molecule has 2 rings (SSSR count). The third-order valence-corrected chi connectivity index (χ3v) is 3.20. The lowest BCUT2D eigenvalue weighted by Gasteiger charge is -2.19. The van der Waals surface area contributed by atoms with Crippen LogP contribution in [0.15, 0.2) is 30.3 Å². The van der Waals surface area contributed by atoms with E-state index in [0.717, 1.165) is 25.8 Å². The Bertz CT molecular complexity index is 350. The summed E-state index contributed by atoms with van der Waals surface area (Å²) in [4.78, 5) is 11.6. The zero-order chi connectivity index (χ0) is 11.4. The summed E-state index contributed by atoms with van der Waals surface area (Å²) in [6, 6.07) is 9.88. The smallest absolute Gasteiger partial charge is 0.237 e. The lowest BCUT2D eigenvalue weighted by Crippen LogP contribution is -2.43. The van der Waals surface area contributed by atoms with Crippen LogP contribution in [0.4, 0.5) is 0 Å². The second-order valence-electron chi connectivity index (χ2n) is 4.41. The molecule has 0 saturated carbocycles. The van der Waals surface area contributed by atoms with Gasteiger partial charge < -0.3 is 11.1 Å². The summed E-state index contributed by atoms with van der Waals surface area (Å²) in [6.45, 7) is 0.762. The van der Waals surface area contributed by atoms with E-state index in [1.54, 1.807) is 0 Å². The minimum Gasteiger partial charge on any atom is -0.355 e. The van der Waals surface area contributed by atoms with Gasteiger partial charge in [0.15, 0.2) is 0 Å². The van der Waals surface area contributed by atoms with Gasteiger partial charge >= 0.3 is 0 Å². The Kier molecular flexibility index (Phi) is 3.57. The maximum Gasteiger partial charge on any atom is 0.237 e. The maximum atomic E-state index is 11.6. The SMILES string of the molecule is NC1C(=O)NCCC[C@H]1Cc1ccccc1. The van der Waals surface area contributed by atoms with Crippen molar-refractivity contribution in [2.45, 2.75) is 25.3 Å². The largest absolute Gasteiger partial charge is 0.355 e. The first-order valence-corrected chi connectivity index (χ1v) is 5.84. The molecule has 1 fully saturated rings. The van der Waals surface area contributed by atoms with Crippen LogP contribution in [0.3, 0.4) is 0 Å². The monoisotopic (exact) mass is 218 g/mol. The van der Waals surface area contributed by atoms with Gasteiger partial charge in [0.2, 0.25) is 5.91 Å². The normalized spacial score (nSPS) is 25.9. The van der Waals surface area contributed by atoms with E-state index < -0.39 is 0 Å². The van der Waals surface area contributed by atoms with Gasteiger partial charge in [-0.1, -0.05) is 30.3 Å². The van der Waals surface area contributed by atoms with Gasteiger partial charge in [0.25, 0.3) is 0 Å². The van der Waals surface area contributed by atoms with Gasteiger partial charge in [0.05, 0.1) is 6.04 Å². The van der Waals surface area contributed by atoms with Crippen molar-refractivity contribution in [2.24, 2.45) is 11.7 Å². The highest BCUT2D eigenvalue weighted by Gasteiger charge is 2.26. The summed E-state index contributed by atoms with van der Waals surface area (Å²) in [5, 5.41) is 2.85. The van der Waals surface area contributed by atoms with E-state index >= 15 is 0 Å². The van der Waals surface area contributed by atoms with Gasteiger partial charge in [0.1, 0.15) is 0 Å². The Morgan fingerprint density at radius 2 is 2.06 bits per heavy atom. The first-order valence-electron chi connectivity index (χ1n) is 5.84. The molecule has 1 aromatic carbocycles. The first-order chi connectivity index (χ1) is 7.77. The summed E-state index contributed by atoms with van der Waals surface area (Å²) in [5.41, 5.74) is 7.22. The van der Waals surface area contributed by atoms with E-state index in [1.807, 2.05) is 18.2 Å². The molecule has 0 bridgehead atoms. The fourth-order valence-corrected chi connectivity index (χ4v) is 2.23. The second-order valence-corrected chi connectivity index (χ2v) is 4.41. The Balaban J connectivity index is 2.05. The molecular formula is C13H18N2O. The molecule has 1 unspecified atom stereocenters. The van der Waals surface area contributed by atoms with Gasteiger partial charge in [-0.2, -0.15) is 0 Å². The van der Waals surface area contributed by atoms with E-state index in [1.165, 1.54) is 5.56 Å². The number of nitrogens with two attached hydrogens (primary N) is 1. The third kappa shape index (κ3) is 2.61. The molecule has 2 atom stereocenters. The predicted molar refractivity (Wildman–Crippen MR) is 63.9 cm³/mol. The van der Waals surface area contributed by atoms with Crippen molar-refractivity contribution < 1.29 is 4.79 Å². The van der Waals surface area contributed by atoms with Gasteiger partial charge in [-0.25, -0.2) is 0 Å². The Hall–Kier alpha value is -1.35. The molecule has 3 N–H and O–H groups in total. The number of amides is 1. The number of hydrogen-bond acceptors (Lipinski definition) is 2. The fourth-order valence-electron chi connectivity index (χ4n) is 2.23. The number of rotatable bonds is 2. The van der Waals surface area contributed by atoms with Gasteiger partial charge in [0, 0.05) is 6.54 Å². The molecule has 0 radical (unpaired) electrons. The summed E-state index contributed by atoms with van der Waals surface area (Å²) >= 11 is 0. The van der Waals surface area contributed by atoms with E-state index in [-0.39, 0.29) is 17.9 Å². The summed E-state index contributed by atoms with van der Waals surface area (Å²) in [6.07, 6.45) is 2.95. The molecule has 1 heterocycles. The van der Waals surface area contributed by atoms with Crippen LogP contribution >= 0.6 is 0 Å². The molecule has 1 aliphatic rings. The van der Waals surface area contributed by atoms with Crippen LogP contribution in [0.25, 0.3) is 0 Å². The first kappa shape index (κ1) is 11.1. The average Bonchev–Trinajstić information content (AvgIpc) is 2.46. The zero-order valence-corrected chi connectivity index (χ0v) is 9.36. The van der Waals surface area contributed by atoms with Crippen LogP contribution in [0, 0.1) is 5.92 Å². The minimum atomic E-state index is -0.359. The zero-order valence-electron chi connectivity index (χ0n) is 9.36. The maximum absolute atomic E-state index is 11.6. The molecular weight excluding hydrogens is 200 g/mol. The van der Waals surface area contributed by atoms with Crippen LogP contribution in [0.5, 0.6) is 0 Å². The number of nitrogens with one attached hydrogen (secondary N) is 1. The van der Waals surface area contributed by atoms with Crippen LogP contribution in [0.2, 0.25) is 0 Å². The molecule has 0 spiro atoms. The lowest BCUT2D eigenvalue weighted by molar-refractivity contribution is -0.122. The second kappa shape index (κ2) is 5.12. The molecule has 16 heavy (non-hydrogen) atoms. The summed E-state index contributed by atoms with van der Waals surface area (Å²) in [7, 11) is 0. The molecule has 0 aromatic heterocycles. The molecule has 1 aliphatic heterocycles. The van der Waals surface area contributed by atoms with E-state index in [4.69, 9.17) is 5.73 Å². The van der Waals surface area contributed by atoms with Crippen molar-refractivity contribution in [3.8, 4) is 0 Å². The van der Waals surface area contributed by atoms with Crippen molar-refractivity contribution in [3.63, 3.8) is 0 Å². The fraction of sp³-hybridized carbons (Fsp3) is 0.462. The molecule has 1 amide bonds. The summed E-state index contributed by atoms with van der Waals surface area (Å²) in [5.74, 6) is 0.267. The number of carbonyl (C=O) groups is 1. The number of hydrogen-bond donors (Lipinski definition) is 2. The Morgan fingerprint density at radius 1 is 1.31 bits per heavy atom. The van der Waals surface area contributed by atoms with E-state index in [2.05, 4.69) is 17.4 Å². The topological polar surface area (TPSA) is 55.1 Å².